The van der Waals surface area contributed by atoms with Gasteiger partial charge in [-0.15, -0.1) is 0 Å². The van der Waals surface area contributed by atoms with E-state index in [2.05, 4.69) is 41.4 Å². The van der Waals surface area contributed by atoms with Gasteiger partial charge in [-0.1, -0.05) is 55.5 Å². The zero-order valence-corrected chi connectivity index (χ0v) is 20.2. The summed E-state index contributed by atoms with van der Waals surface area (Å²) in [6.45, 7) is 5.43. The zero-order valence-electron chi connectivity index (χ0n) is 20.2. The quantitative estimate of drug-likeness (QED) is 0.344. The third kappa shape index (κ3) is 5.78. The second-order valence-electron chi connectivity index (χ2n) is 8.43. The molecular weight excluding hydrogens is 438 g/mol. The average molecular weight is 470 g/mol. The van der Waals surface area contributed by atoms with Crippen LogP contribution in [-0.2, 0) is 6.54 Å². The minimum atomic E-state index is -0.186. The standard InChI is InChI=1S/C29H31N3O3/c1-3-31(20-22-10-5-4-6-11-22)19-9-18-30-28(33)27-21-32(23-14-16-24(35-2)17-15-23)29(34)26-13-8-7-12-25(26)27/h4-8,10-17,21H,3,9,18-20H2,1-2H3,(H,30,33). The van der Waals surface area contributed by atoms with Gasteiger partial charge in [0.05, 0.1) is 12.7 Å². The fraction of sp³-hybridized carbons (Fsp3) is 0.241. The smallest absolute Gasteiger partial charge is 0.262 e. The molecule has 6 heteroatoms. The predicted octanol–water partition coefficient (Wildman–Crippen LogP) is 4.64. The van der Waals surface area contributed by atoms with Gasteiger partial charge in [0.25, 0.3) is 11.5 Å². The van der Waals surface area contributed by atoms with Crippen molar-refractivity contribution in [3.05, 3.63) is 107 Å². The number of nitrogens with zero attached hydrogens (tertiary/aromatic N) is 2. The maximum atomic E-state index is 13.2. The molecule has 0 spiro atoms. The van der Waals surface area contributed by atoms with Crippen molar-refractivity contribution in [3.8, 4) is 11.4 Å². The van der Waals surface area contributed by atoms with Crippen molar-refractivity contribution in [3.63, 3.8) is 0 Å². The summed E-state index contributed by atoms with van der Waals surface area (Å²) in [4.78, 5) is 28.7. The molecule has 180 valence electrons. The Balaban J connectivity index is 1.48. The third-order valence-electron chi connectivity index (χ3n) is 6.15. The second-order valence-corrected chi connectivity index (χ2v) is 8.43. The summed E-state index contributed by atoms with van der Waals surface area (Å²) in [6, 6.07) is 24.9. The number of fused-ring (bicyclic) bond motifs is 1. The number of hydrogen-bond donors (Lipinski definition) is 1. The van der Waals surface area contributed by atoms with Crippen LogP contribution in [0.4, 0.5) is 0 Å². The Hall–Kier alpha value is -3.90. The van der Waals surface area contributed by atoms with Crippen molar-refractivity contribution in [2.45, 2.75) is 19.9 Å². The molecule has 35 heavy (non-hydrogen) atoms. The number of methoxy groups -OCH3 is 1. The van der Waals surface area contributed by atoms with E-state index >= 15 is 0 Å². The molecule has 0 aliphatic heterocycles. The highest BCUT2D eigenvalue weighted by Crippen LogP contribution is 2.19. The molecule has 0 atom stereocenters. The van der Waals surface area contributed by atoms with Crippen LogP contribution in [0, 0.1) is 0 Å². The highest BCUT2D eigenvalue weighted by atomic mass is 16.5. The Morgan fingerprint density at radius 2 is 1.63 bits per heavy atom. The highest BCUT2D eigenvalue weighted by molar-refractivity contribution is 6.06. The van der Waals surface area contributed by atoms with Crippen LogP contribution in [-0.4, -0.2) is 42.1 Å². The Bertz CT molecular complexity index is 1330. The van der Waals surface area contributed by atoms with E-state index < -0.39 is 0 Å². The van der Waals surface area contributed by atoms with E-state index in [-0.39, 0.29) is 11.5 Å². The van der Waals surface area contributed by atoms with Crippen LogP contribution in [0.1, 0.15) is 29.3 Å². The summed E-state index contributed by atoms with van der Waals surface area (Å²) in [5.74, 6) is 0.517. The van der Waals surface area contributed by atoms with Crippen LogP contribution in [0.3, 0.4) is 0 Å². The van der Waals surface area contributed by atoms with E-state index in [0.717, 1.165) is 26.1 Å². The molecule has 0 saturated heterocycles. The van der Waals surface area contributed by atoms with Gasteiger partial charge in [-0.2, -0.15) is 0 Å². The second kappa shape index (κ2) is 11.5. The van der Waals surface area contributed by atoms with Crippen LogP contribution >= 0.6 is 0 Å². The van der Waals surface area contributed by atoms with Gasteiger partial charge >= 0.3 is 0 Å². The molecule has 6 nitrogen and oxygen atoms in total. The Kier molecular flexibility index (Phi) is 7.95. The maximum Gasteiger partial charge on any atom is 0.262 e. The lowest BCUT2D eigenvalue weighted by Gasteiger charge is -2.20. The van der Waals surface area contributed by atoms with Gasteiger partial charge in [0.2, 0.25) is 0 Å². The van der Waals surface area contributed by atoms with Crippen molar-refractivity contribution in [1.29, 1.82) is 0 Å². The number of nitrogens with one attached hydrogen (secondary N) is 1. The summed E-state index contributed by atoms with van der Waals surface area (Å²) in [5, 5.41) is 4.21. The summed E-state index contributed by atoms with van der Waals surface area (Å²) in [5.41, 5.74) is 2.27. The number of aromatic nitrogens is 1. The molecule has 4 rings (SSSR count). The van der Waals surface area contributed by atoms with Gasteiger partial charge in [-0.05, 0) is 48.9 Å². The van der Waals surface area contributed by atoms with Crippen molar-refractivity contribution in [2.75, 3.05) is 26.7 Å². The largest absolute Gasteiger partial charge is 0.497 e. The molecule has 1 heterocycles. The monoisotopic (exact) mass is 469 g/mol. The minimum absolute atomic E-state index is 0.165. The molecule has 0 aliphatic rings. The lowest BCUT2D eigenvalue weighted by Crippen LogP contribution is -2.31. The van der Waals surface area contributed by atoms with Crippen LogP contribution in [0.25, 0.3) is 16.5 Å². The van der Waals surface area contributed by atoms with Gasteiger partial charge < -0.3 is 10.1 Å². The lowest BCUT2D eigenvalue weighted by atomic mass is 10.1. The fourth-order valence-corrected chi connectivity index (χ4v) is 4.20. The number of carbonyl (C=O) groups excluding carboxylic acids is 1. The summed E-state index contributed by atoms with van der Waals surface area (Å²) < 4.78 is 6.75. The van der Waals surface area contributed by atoms with E-state index in [9.17, 15) is 9.59 Å². The number of rotatable bonds is 10. The molecule has 0 fully saturated rings. The maximum absolute atomic E-state index is 13.2. The van der Waals surface area contributed by atoms with Gasteiger partial charge in [-0.3, -0.25) is 19.1 Å². The molecule has 1 N–H and O–H groups in total. The van der Waals surface area contributed by atoms with Crippen LogP contribution < -0.4 is 15.6 Å². The molecule has 1 aromatic heterocycles. The van der Waals surface area contributed by atoms with Crippen LogP contribution in [0.15, 0.2) is 89.9 Å². The summed E-state index contributed by atoms with van der Waals surface area (Å²) in [6.07, 6.45) is 2.47. The third-order valence-corrected chi connectivity index (χ3v) is 6.15. The Morgan fingerprint density at radius 1 is 0.943 bits per heavy atom. The van der Waals surface area contributed by atoms with E-state index in [0.29, 0.717) is 34.3 Å². The molecule has 4 aromatic rings. The van der Waals surface area contributed by atoms with E-state index in [1.54, 1.807) is 31.5 Å². The number of carbonyl (C=O) groups is 1. The SMILES string of the molecule is CCN(CCCNC(=O)c1cn(-c2ccc(OC)cc2)c(=O)c2ccccc12)Cc1ccccc1. The van der Waals surface area contributed by atoms with Gasteiger partial charge in [0.1, 0.15) is 5.75 Å². The van der Waals surface area contributed by atoms with Crippen molar-refractivity contribution < 1.29 is 9.53 Å². The van der Waals surface area contributed by atoms with Gasteiger partial charge in [-0.25, -0.2) is 0 Å². The van der Waals surface area contributed by atoms with Crippen molar-refractivity contribution in [1.82, 2.24) is 14.8 Å². The van der Waals surface area contributed by atoms with Crippen LogP contribution in [0.2, 0.25) is 0 Å². The summed E-state index contributed by atoms with van der Waals surface area (Å²) >= 11 is 0. The highest BCUT2D eigenvalue weighted by Gasteiger charge is 2.15. The molecule has 0 aliphatic carbocycles. The molecular formula is C29H31N3O3. The number of pyridine rings is 1. The molecule has 0 saturated carbocycles. The van der Waals surface area contributed by atoms with Gasteiger partial charge in [0.15, 0.2) is 0 Å². The Morgan fingerprint density at radius 3 is 2.31 bits per heavy atom. The number of benzene rings is 3. The van der Waals surface area contributed by atoms with E-state index in [4.69, 9.17) is 4.74 Å². The zero-order chi connectivity index (χ0) is 24.6. The lowest BCUT2D eigenvalue weighted by molar-refractivity contribution is 0.0952. The molecule has 0 radical (unpaired) electrons. The van der Waals surface area contributed by atoms with Crippen molar-refractivity contribution in [2.24, 2.45) is 0 Å². The average Bonchev–Trinajstić information content (AvgIpc) is 2.91. The predicted molar refractivity (Wildman–Crippen MR) is 140 cm³/mol. The number of hydrogen-bond acceptors (Lipinski definition) is 4. The van der Waals surface area contributed by atoms with E-state index in [1.165, 1.54) is 10.1 Å². The summed E-state index contributed by atoms with van der Waals surface area (Å²) in [7, 11) is 1.60. The van der Waals surface area contributed by atoms with Crippen LogP contribution in [0.5, 0.6) is 5.75 Å². The first kappa shape index (κ1) is 24.2. The first-order valence-corrected chi connectivity index (χ1v) is 11.9. The fourth-order valence-electron chi connectivity index (χ4n) is 4.20. The first-order chi connectivity index (χ1) is 17.1. The minimum Gasteiger partial charge on any atom is -0.497 e. The molecule has 3 aromatic carbocycles. The van der Waals surface area contributed by atoms with Gasteiger partial charge in [0, 0.05) is 42.3 Å². The normalized spacial score (nSPS) is 11.1. The number of ether oxygens (including phenoxy) is 1. The Labute approximate surface area is 205 Å². The van der Waals surface area contributed by atoms with Crippen molar-refractivity contribution >= 4 is 16.7 Å². The number of amides is 1. The molecule has 1 amide bonds. The molecule has 0 unspecified atom stereocenters. The topological polar surface area (TPSA) is 63.6 Å². The molecule has 0 bridgehead atoms. The van der Waals surface area contributed by atoms with E-state index in [1.807, 2.05) is 36.4 Å². The first-order valence-electron chi connectivity index (χ1n) is 11.9.